The van der Waals surface area contributed by atoms with Crippen LogP contribution in [0.2, 0.25) is 0 Å². The number of aliphatic hydroxyl groups excluding tert-OH is 1. The molecule has 0 aromatic carbocycles. The average Bonchev–Trinajstić information content (AvgIpc) is 2.39. The SMILES string of the molecule is [N-]=[N+]=Nc1ncnn1CCO. The molecule has 1 heterocycles. The van der Waals surface area contributed by atoms with Crippen molar-refractivity contribution in [3.63, 3.8) is 0 Å². The Morgan fingerprint density at radius 2 is 2.64 bits per heavy atom. The number of aromatic nitrogens is 3. The highest BCUT2D eigenvalue weighted by molar-refractivity contribution is 5.11. The fraction of sp³-hybridized carbons (Fsp3) is 0.500. The maximum absolute atomic E-state index is 8.51. The van der Waals surface area contributed by atoms with Crippen molar-refractivity contribution in [3.05, 3.63) is 16.8 Å². The van der Waals surface area contributed by atoms with Gasteiger partial charge in [0.05, 0.1) is 13.2 Å². The Morgan fingerprint density at radius 3 is 3.27 bits per heavy atom. The first-order valence-corrected chi connectivity index (χ1v) is 2.92. The van der Waals surface area contributed by atoms with E-state index in [0.717, 1.165) is 0 Å². The average molecular weight is 154 g/mol. The number of hydrogen-bond acceptors (Lipinski definition) is 4. The predicted octanol–water partition coefficient (Wildman–Crippen LogP) is 0.212. The summed E-state index contributed by atoms with van der Waals surface area (Å²) in [7, 11) is 0. The minimum atomic E-state index is -0.0582. The Labute approximate surface area is 61.9 Å². The summed E-state index contributed by atoms with van der Waals surface area (Å²) in [6.45, 7) is 0.228. The minimum absolute atomic E-state index is 0.0582. The molecule has 58 valence electrons. The molecule has 11 heavy (non-hydrogen) atoms. The Hall–Kier alpha value is -1.59. The van der Waals surface area contributed by atoms with Crippen molar-refractivity contribution in [2.45, 2.75) is 6.54 Å². The van der Waals surface area contributed by atoms with E-state index in [4.69, 9.17) is 10.6 Å². The van der Waals surface area contributed by atoms with Crippen LogP contribution in [0.4, 0.5) is 5.95 Å². The monoisotopic (exact) mass is 154 g/mol. The van der Waals surface area contributed by atoms with E-state index in [-0.39, 0.29) is 19.1 Å². The second-order valence-electron chi connectivity index (χ2n) is 1.70. The summed E-state index contributed by atoms with van der Waals surface area (Å²) in [6, 6.07) is 0. The maximum atomic E-state index is 8.51. The van der Waals surface area contributed by atoms with Crippen LogP contribution in [0.3, 0.4) is 0 Å². The largest absolute Gasteiger partial charge is 0.394 e. The molecule has 0 atom stereocenters. The maximum Gasteiger partial charge on any atom is 0.214 e. The summed E-state index contributed by atoms with van der Waals surface area (Å²) in [4.78, 5) is 6.19. The highest BCUT2D eigenvalue weighted by Gasteiger charge is 1.98. The van der Waals surface area contributed by atoms with Crippen LogP contribution in [0.15, 0.2) is 11.4 Å². The zero-order valence-corrected chi connectivity index (χ0v) is 5.62. The summed E-state index contributed by atoms with van der Waals surface area (Å²) in [6.07, 6.45) is 1.26. The van der Waals surface area contributed by atoms with Crippen LogP contribution in [0, 0.1) is 0 Å². The van der Waals surface area contributed by atoms with Gasteiger partial charge in [-0.2, -0.15) is 5.10 Å². The highest BCUT2D eigenvalue weighted by atomic mass is 16.3. The number of azide groups is 1. The molecule has 7 heteroatoms. The lowest BCUT2D eigenvalue weighted by Gasteiger charge is -1.96. The molecule has 1 N–H and O–H groups in total. The van der Waals surface area contributed by atoms with E-state index in [1.54, 1.807) is 0 Å². The Kier molecular flexibility index (Phi) is 2.42. The van der Waals surface area contributed by atoms with Gasteiger partial charge >= 0.3 is 0 Å². The van der Waals surface area contributed by atoms with Crippen molar-refractivity contribution >= 4 is 5.95 Å². The Morgan fingerprint density at radius 1 is 1.82 bits per heavy atom. The molecule has 0 fully saturated rings. The summed E-state index contributed by atoms with van der Waals surface area (Å²) < 4.78 is 1.32. The zero-order valence-electron chi connectivity index (χ0n) is 5.62. The van der Waals surface area contributed by atoms with Crippen LogP contribution in [0.25, 0.3) is 10.4 Å². The highest BCUT2D eigenvalue weighted by Crippen LogP contribution is 2.04. The molecule has 0 saturated carbocycles. The van der Waals surface area contributed by atoms with Gasteiger partial charge in [-0.25, -0.2) is 9.67 Å². The second kappa shape index (κ2) is 3.55. The molecule has 0 aliphatic rings. The van der Waals surface area contributed by atoms with Gasteiger partial charge in [-0.1, -0.05) is 0 Å². The molecular formula is C4H6N6O. The van der Waals surface area contributed by atoms with E-state index < -0.39 is 0 Å². The molecule has 0 saturated heterocycles. The van der Waals surface area contributed by atoms with Crippen LogP contribution in [0.1, 0.15) is 0 Å². The van der Waals surface area contributed by atoms with Crippen molar-refractivity contribution in [1.29, 1.82) is 0 Å². The predicted molar refractivity (Wildman–Crippen MR) is 35.9 cm³/mol. The van der Waals surface area contributed by atoms with E-state index in [9.17, 15) is 0 Å². The van der Waals surface area contributed by atoms with Gasteiger partial charge in [0, 0.05) is 4.91 Å². The lowest BCUT2D eigenvalue weighted by Crippen LogP contribution is -2.02. The summed E-state index contributed by atoms with van der Waals surface area (Å²) >= 11 is 0. The molecule has 0 amide bonds. The summed E-state index contributed by atoms with van der Waals surface area (Å²) in [5.74, 6) is 0.168. The topological polar surface area (TPSA) is 99.7 Å². The molecule has 0 spiro atoms. The third-order valence-corrected chi connectivity index (χ3v) is 1.04. The Balaban J connectivity index is 2.86. The number of hydrogen-bond donors (Lipinski definition) is 1. The van der Waals surface area contributed by atoms with Gasteiger partial charge in [0.15, 0.2) is 0 Å². The van der Waals surface area contributed by atoms with Crippen molar-refractivity contribution in [3.8, 4) is 0 Å². The van der Waals surface area contributed by atoms with Crippen molar-refractivity contribution < 1.29 is 5.11 Å². The summed E-state index contributed by atoms with van der Waals surface area (Å²) in [5, 5.41) is 15.5. The molecule has 1 aromatic rings. The third-order valence-electron chi connectivity index (χ3n) is 1.04. The van der Waals surface area contributed by atoms with Crippen molar-refractivity contribution in [2.24, 2.45) is 5.11 Å². The van der Waals surface area contributed by atoms with Crippen LogP contribution in [-0.4, -0.2) is 26.5 Å². The first kappa shape index (κ1) is 7.52. The molecule has 0 radical (unpaired) electrons. The van der Waals surface area contributed by atoms with Gasteiger partial charge in [0.25, 0.3) is 0 Å². The quantitative estimate of drug-likeness (QED) is 0.382. The normalized spacial score (nSPS) is 9.18. The molecule has 1 rings (SSSR count). The minimum Gasteiger partial charge on any atom is -0.394 e. The molecular weight excluding hydrogens is 148 g/mol. The molecule has 0 bridgehead atoms. The molecule has 0 unspecified atom stereocenters. The van der Waals surface area contributed by atoms with Crippen LogP contribution in [0.5, 0.6) is 0 Å². The molecule has 1 aromatic heterocycles. The van der Waals surface area contributed by atoms with Gasteiger partial charge in [0.2, 0.25) is 5.95 Å². The van der Waals surface area contributed by atoms with E-state index in [2.05, 4.69) is 20.1 Å². The first-order valence-electron chi connectivity index (χ1n) is 2.92. The fourth-order valence-electron chi connectivity index (χ4n) is 0.628. The summed E-state index contributed by atoms with van der Waals surface area (Å²) in [5.41, 5.74) is 8.05. The third kappa shape index (κ3) is 1.66. The van der Waals surface area contributed by atoms with Gasteiger partial charge in [-0.15, -0.1) is 0 Å². The number of rotatable bonds is 3. The van der Waals surface area contributed by atoms with E-state index in [1.807, 2.05) is 0 Å². The molecule has 0 aliphatic carbocycles. The van der Waals surface area contributed by atoms with Crippen LogP contribution < -0.4 is 0 Å². The van der Waals surface area contributed by atoms with Gasteiger partial charge in [-0.05, 0) is 10.6 Å². The second-order valence-corrected chi connectivity index (χ2v) is 1.70. The van der Waals surface area contributed by atoms with Crippen LogP contribution >= 0.6 is 0 Å². The van der Waals surface area contributed by atoms with Gasteiger partial charge in [0.1, 0.15) is 6.33 Å². The zero-order chi connectivity index (χ0) is 8.10. The number of aliphatic hydroxyl groups is 1. The lowest BCUT2D eigenvalue weighted by atomic mass is 10.7. The van der Waals surface area contributed by atoms with Crippen LogP contribution in [-0.2, 0) is 6.54 Å². The van der Waals surface area contributed by atoms with Gasteiger partial charge < -0.3 is 5.11 Å². The lowest BCUT2D eigenvalue weighted by molar-refractivity contribution is 0.270. The van der Waals surface area contributed by atoms with Crippen molar-refractivity contribution in [2.75, 3.05) is 6.61 Å². The van der Waals surface area contributed by atoms with E-state index in [0.29, 0.717) is 0 Å². The fourth-order valence-corrected chi connectivity index (χ4v) is 0.628. The standard InChI is InChI=1S/C4H6N6O/c5-9-8-4-6-3-7-10(4)1-2-11/h3,11H,1-2H2. The number of nitrogens with zero attached hydrogens (tertiary/aromatic N) is 6. The molecule has 0 aliphatic heterocycles. The first-order chi connectivity index (χ1) is 5.38. The Bertz CT molecular complexity index is 274. The van der Waals surface area contributed by atoms with E-state index in [1.165, 1.54) is 11.0 Å². The van der Waals surface area contributed by atoms with E-state index >= 15 is 0 Å². The smallest absolute Gasteiger partial charge is 0.214 e. The van der Waals surface area contributed by atoms with Gasteiger partial charge in [-0.3, -0.25) is 0 Å². The molecule has 7 nitrogen and oxygen atoms in total. The van der Waals surface area contributed by atoms with Crippen molar-refractivity contribution in [1.82, 2.24) is 14.8 Å².